The quantitative estimate of drug-likeness (QED) is 0.295. The van der Waals surface area contributed by atoms with Gasteiger partial charge >= 0.3 is 5.97 Å². The van der Waals surface area contributed by atoms with Gasteiger partial charge in [-0.3, -0.25) is 0 Å². The lowest BCUT2D eigenvalue weighted by Gasteiger charge is -2.08. The fourth-order valence-corrected chi connectivity index (χ4v) is 4.38. The summed E-state index contributed by atoms with van der Waals surface area (Å²) in [4.78, 5) is 12.5. The number of carbonyl (C=O) groups is 1. The summed E-state index contributed by atoms with van der Waals surface area (Å²) in [6, 6.07) is 21.0. The van der Waals surface area contributed by atoms with Crippen molar-refractivity contribution >= 4 is 43.6 Å². The van der Waals surface area contributed by atoms with Gasteiger partial charge in [-0.1, -0.05) is 70.5 Å². The van der Waals surface area contributed by atoms with E-state index < -0.39 is 0 Å². The van der Waals surface area contributed by atoms with E-state index in [2.05, 4.69) is 75.1 Å². The number of fused-ring (bicyclic) bond motifs is 2. The number of benzene rings is 3. The lowest BCUT2D eigenvalue weighted by atomic mass is 9.97. The molecule has 3 aromatic carbocycles. The molecule has 0 spiro atoms. The van der Waals surface area contributed by atoms with Gasteiger partial charge in [0.25, 0.3) is 0 Å². The molecule has 0 N–H and O–H groups in total. The summed E-state index contributed by atoms with van der Waals surface area (Å²) in [5, 5.41) is 3.96. The number of alkyl halides is 1. The molecule has 0 amide bonds. The summed E-state index contributed by atoms with van der Waals surface area (Å²) >= 11 is 3.52. The Hall–Kier alpha value is -2.59. The summed E-state index contributed by atoms with van der Waals surface area (Å²) in [5.41, 5.74) is 4.93. The van der Waals surface area contributed by atoms with Gasteiger partial charge < -0.3 is 9.30 Å². The molecular weight excluding hydrogens is 402 g/mol. The lowest BCUT2D eigenvalue weighted by Crippen LogP contribution is -2.07. The van der Waals surface area contributed by atoms with E-state index in [4.69, 9.17) is 4.74 Å². The Balaban J connectivity index is 1.95. The molecule has 4 rings (SSSR count). The van der Waals surface area contributed by atoms with Crippen LogP contribution in [0.3, 0.4) is 0 Å². The SMILES string of the molecule is CCOC(=O)c1c(CBr)n(C)c2cc(-c3cccc4ccccc34)ccc12. The zero-order chi connectivity index (χ0) is 19.0. The average Bonchev–Trinajstić information content (AvgIpc) is 2.99. The number of hydrogen-bond donors (Lipinski definition) is 0. The fourth-order valence-electron chi connectivity index (χ4n) is 3.72. The van der Waals surface area contributed by atoms with Crippen molar-refractivity contribution in [2.75, 3.05) is 6.61 Å². The van der Waals surface area contributed by atoms with E-state index in [-0.39, 0.29) is 5.97 Å². The molecule has 0 fully saturated rings. The number of halogens is 1. The Morgan fingerprint density at radius 3 is 2.59 bits per heavy atom. The maximum Gasteiger partial charge on any atom is 0.340 e. The maximum atomic E-state index is 12.5. The van der Waals surface area contributed by atoms with Crippen LogP contribution in [0.25, 0.3) is 32.8 Å². The Morgan fingerprint density at radius 2 is 1.81 bits per heavy atom. The molecule has 0 radical (unpaired) electrons. The first-order chi connectivity index (χ1) is 13.2. The average molecular weight is 422 g/mol. The highest BCUT2D eigenvalue weighted by molar-refractivity contribution is 9.08. The summed E-state index contributed by atoms with van der Waals surface area (Å²) in [6.07, 6.45) is 0. The highest BCUT2D eigenvalue weighted by atomic mass is 79.9. The molecule has 136 valence electrons. The lowest BCUT2D eigenvalue weighted by molar-refractivity contribution is 0.0527. The van der Waals surface area contributed by atoms with E-state index in [9.17, 15) is 4.79 Å². The van der Waals surface area contributed by atoms with E-state index in [1.54, 1.807) is 0 Å². The van der Waals surface area contributed by atoms with Crippen molar-refractivity contribution in [3.05, 3.63) is 71.9 Å². The van der Waals surface area contributed by atoms with Gasteiger partial charge in [-0.2, -0.15) is 0 Å². The molecule has 1 heterocycles. The molecule has 0 saturated carbocycles. The predicted octanol–water partition coefficient (Wildman–Crippen LogP) is 6.07. The predicted molar refractivity (Wildman–Crippen MR) is 114 cm³/mol. The number of carbonyl (C=O) groups excluding carboxylic acids is 1. The largest absolute Gasteiger partial charge is 0.462 e. The second-order valence-corrected chi connectivity index (χ2v) is 7.05. The maximum absolute atomic E-state index is 12.5. The Kier molecular flexibility index (Phi) is 4.75. The highest BCUT2D eigenvalue weighted by Gasteiger charge is 2.22. The monoisotopic (exact) mass is 421 g/mol. The van der Waals surface area contributed by atoms with Crippen molar-refractivity contribution < 1.29 is 9.53 Å². The van der Waals surface area contributed by atoms with Crippen LogP contribution in [0.5, 0.6) is 0 Å². The molecule has 0 atom stereocenters. The topological polar surface area (TPSA) is 31.2 Å². The number of rotatable bonds is 4. The van der Waals surface area contributed by atoms with E-state index in [0.717, 1.165) is 22.2 Å². The van der Waals surface area contributed by atoms with E-state index >= 15 is 0 Å². The number of aryl methyl sites for hydroxylation is 1. The molecule has 0 aliphatic heterocycles. The molecule has 0 aliphatic rings. The Bertz CT molecular complexity index is 1150. The molecule has 0 unspecified atom stereocenters. The number of aromatic nitrogens is 1. The van der Waals surface area contributed by atoms with Crippen LogP contribution in [0.4, 0.5) is 0 Å². The van der Waals surface area contributed by atoms with Crippen molar-refractivity contribution in [3.63, 3.8) is 0 Å². The van der Waals surface area contributed by atoms with Crippen LogP contribution < -0.4 is 0 Å². The normalized spacial score (nSPS) is 11.2. The van der Waals surface area contributed by atoms with E-state index in [1.165, 1.54) is 16.3 Å². The van der Waals surface area contributed by atoms with Gasteiger partial charge in [0.1, 0.15) is 0 Å². The second kappa shape index (κ2) is 7.20. The van der Waals surface area contributed by atoms with Crippen LogP contribution in [0, 0.1) is 0 Å². The summed E-state index contributed by atoms with van der Waals surface area (Å²) in [7, 11) is 1.99. The third kappa shape index (κ3) is 2.94. The first-order valence-corrected chi connectivity index (χ1v) is 10.1. The standard InChI is InChI=1S/C23H20BrNO2/c1-3-27-23(26)22-19-12-11-16(13-20(19)25(2)21(22)14-24)18-10-6-8-15-7-4-5-9-17(15)18/h4-13H,3,14H2,1-2H3. The minimum atomic E-state index is -0.268. The molecule has 0 bridgehead atoms. The molecular formula is C23H20BrNO2. The Morgan fingerprint density at radius 1 is 1.04 bits per heavy atom. The van der Waals surface area contributed by atoms with Gasteiger partial charge in [0.05, 0.1) is 12.2 Å². The Labute approximate surface area is 166 Å². The van der Waals surface area contributed by atoms with Crippen LogP contribution in [0.2, 0.25) is 0 Å². The minimum Gasteiger partial charge on any atom is -0.462 e. The van der Waals surface area contributed by atoms with Crippen molar-refractivity contribution in [1.82, 2.24) is 4.57 Å². The zero-order valence-electron chi connectivity index (χ0n) is 15.3. The van der Waals surface area contributed by atoms with Crippen molar-refractivity contribution in [3.8, 4) is 11.1 Å². The first kappa shape index (κ1) is 17.8. The van der Waals surface area contributed by atoms with Crippen LogP contribution in [-0.2, 0) is 17.1 Å². The number of nitrogens with zero attached hydrogens (tertiary/aromatic N) is 1. The van der Waals surface area contributed by atoms with Gasteiger partial charge in [0.15, 0.2) is 0 Å². The first-order valence-electron chi connectivity index (χ1n) is 8.98. The van der Waals surface area contributed by atoms with Gasteiger partial charge in [-0.25, -0.2) is 4.79 Å². The van der Waals surface area contributed by atoms with Crippen LogP contribution in [-0.4, -0.2) is 17.1 Å². The second-order valence-electron chi connectivity index (χ2n) is 6.49. The molecule has 4 aromatic rings. The van der Waals surface area contributed by atoms with Gasteiger partial charge in [0.2, 0.25) is 0 Å². The van der Waals surface area contributed by atoms with Crippen molar-refractivity contribution in [2.45, 2.75) is 12.3 Å². The zero-order valence-corrected chi connectivity index (χ0v) is 16.9. The molecule has 1 aromatic heterocycles. The number of hydrogen-bond acceptors (Lipinski definition) is 2. The van der Waals surface area contributed by atoms with Crippen LogP contribution in [0.15, 0.2) is 60.7 Å². The third-order valence-electron chi connectivity index (χ3n) is 5.03. The molecule has 0 saturated heterocycles. The van der Waals surface area contributed by atoms with Crippen LogP contribution in [0.1, 0.15) is 23.0 Å². The minimum absolute atomic E-state index is 0.268. The van der Waals surface area contributed by atoms with Gasteiger partial charge in [-0.15, -0.1) is 0 Å². The molecule has 3 nitrogen and oxygen atoms in total. The number of ether oxygens (including phenoxy) is 1. The summed E-state index contributed by atoms with van der Waals surface area (Å²) in [6.45, 7) is 2.19. The number of esters is 1. The van der Waals surface area contributed by atoms with E-state index in [1.807, 2.05) is 20.0 Å². The molecule has 4 heteroatoms. The van der Waals surface area contributed by atoms with Gasteiger partial charge in [0, 0.05) is 29.0 Å². The fraction of sp³-hybridized carbons (Fsp3) is 0.174. The van der Waals surface area contributed by atoms with E-state index in [0.29, 0.717) is 17.5 Å². The van der Waals surface area contributed by atoms with Crippen molar-refractivity contribution in [2.24, 2.45) is 7.05 Å². The highest BCUT2D eigenvalue weighted by Crippen LogP contribution is 2.34. The molecule has 27 heavy (non-hydrogen) atoms. The molecule has 0 aliphatic carbocycles. The smallest absolute Gasteiger partial charge is 0.340 e. The van der Waals surface area contributed by atoms with Gasteiger partial charge in [-0.05, 0) is 34.9 Å². The van der Waals surface area contributed by atoms with Crippen molar-refractivity contribution in [1.29, 1.82) is 0 Å². The third-order valence-corrected chi connectivity index (χ3v) is 5.56. The summed E-state index contributed by atoms with van der Waals surface area (Å²) in [5.74, 6) is -0.268. The summed E-state index contributed by atoms with van der Waals surface area (Å²) < 4.78 is 7.37. The van der Waals surface area contributed by atoms with Crippen LogP contribution >= 0.6 is 15.9 Å².